The Morgan fingerprint density at radius 1 is 1.33 bits per heavy atom. The minimum Gasteiger partial charge on any atom is -0.359 e. The number of amides is 1. The maximum atomic E-state index is 11.8. The highest BCUT2D eigenvalue weighted by Gasteiger charge is 2.26. The summed E-state index contributed by atoms with van der Waals surface area (Å²) in [5, 5.41) is 6.05. The summed E-state index contributed by atoms with van der Waals surface area (Å²) in [6, 6.07) is 8.15. The lowest BCUT2D eigenvalue weighted by atomic mass is 9.92. The number of aromatic nitrogens is 2. The maximum absolute atomic E-state index is 11.8. The number of imidazole rings is 1. The Hall–Kier alpha value is -1.88. The summed E-state index contributed by atoms with van der Waals surface area (Å²) in [4.78, 5) is 16.4. The van der Waals surface area contributed by atoms with Crippen molar-refractivity contribution in [2.45, 2.75) is 33.9 Å². The smallest absolute Gasteiger partial charge is 0.226 e. The highest BCUT2D eigenvalue weighted by atomic mass is 16.2. The predicted molar refractivity (Wildman–Crippen MR) is 85.0 cm³/mol. The summed E-state index contributed by atoms with van der Waals surface area (Å²) in [6.07, 6.45) is 0. The molecule has 0 aliphatic heterocycles. The normalized spacial score (nSPS) is 11.8. The van der Waals surface area contributed by atoms with Crippen LogP contribution in [0.15, 0.2) is 24.3 Å². The molecule has 0 bridgehead atoms. The number of fused-ring (bicyclic) bond motifs is 1. The van der Waals surface area contributed by atoms with Gasteiger partial charge in [-0.15, -0.1) is 0 Å². The molecule has 1 amide bonds. The number of nitrogens with one attached hydrogen (secondary N) is 2. The molecule has 0 saturated heterocycles. The molecule has 1 aromatic heterocycles. The van der Waals surface area contributed by atoms with Gasteiger partial charge < -0.3 is 15.2 Å². The van der Waals surface area contributed by atoms with Crippen molar-refractivity contribution in [3.63, 3.8) is 0 Å². The topological polar surface area (TPSA) is 59.0 Å². The fraction of sp³-hybridized carbons (Fsp3) is 0.500. The molecule has 0 fully saturated rings. The number of carbonyl (C=O) groups is 1. The lowest BCUT2D eigenvalue weighted by molar-refractivity contribution is -0.128. The van der Waals surface area contributed by atoms with E-state index in [1.807, 2.05) is 32.0 Å². The van der Waals surface area contributed by atoms with Gasteiger partial charge in [-0.3, -0.25) is 4.79 Å². The largest absolute Gasteiger partial charge is 0.359 e. The first kappa shape index (κ1) is 15.5. The SMILES string of the molecule is CCn1c(CNCC(C)(C)C(=O)NC)nc2ccccc21. The molecule has 0 atom stereocenters. The summed E-state index contributed by atoms with van der Waals surface area (Å²) in [5.41, 5.74) is 1.74. The van der Waals surface area contributed by atoms with Crippen LogP contribution in [-0.4, -0.2) is 29.1 Å². The Bertz CT molecular complexity index is 630. The molecule has 1 aromatic carbocycles. The van der Waals surface area contributed by atoms with E-state index in [0.717, 1.165) is 23.4 Å². The zero-order valence-electron chi connectivity index (χ0n) is 13.2. The van der Waals surface area contributed by atoms with Gasteiger partial charge in [-0.1, -0.05) is 12.1 Å². The van der Waals surface area contributed by atoms with Crippen molar-refractivity contribution in [1.29, 1.82) is 0 Å². The molecule has 0 unspecified atom stereocenters. The van der Waals surface area contributed by atoms with Crippen LogP contribution in [0.2, 0.25) is 0 Å². The molecule has 0 radical (unpaired) electrons. The first-order chi connectivity index (χ1) is 9.99. The van der Waals surface area contributed by atoms with E-state index < -0.39 is 5.41 Å². The van der Waals surface area contributed by atoms with Gasteiger partial charge in [0.05, 0.1) is 23.0 Å². The first-order valence-corrected chi connectivity index (χ1v) is 7.36. The average molecular weight is 288 g/mol. The van der Waals surface area contributed by atoms with Crippen molar-refractivity contribution < 1.29 is 4.79 Å². The Kier molecular flexibility index (Phi) is 4.63. The highest BCUT2D eigenvalue weighted by Crippen LogP contribution is 2.17. The Labute approximate surface area is 125 Å². The standard InChI is InChI=1S/C16H24N4O/c1-5-20-13-9-7-6-8-12(13)19-14(20)10-18-11-16(2,3)15(21)17-4/h6-9,18H,5,10-11H2,1-4H3,(H,17,21). The molecule has 2 N–H and O–H groups in total. The van der Waals surface area contributed by atoms with Crippen LogP contribution in [0.3, 0.4) is 0 Å². The van der Waals surface area contributed by atoms with Gasteiger partial charge >= 0.3 is 0 Å². The molecule has 5 heteroatoms. The van der Waals surface area contributed by atoms with Crippen LogP contribution in [0.1, 0.15) is 26.6 Å². The third-order valence-electron chi connectivity index (χ3n) is 3.74. The number of hydrogen-bond acceptors (Lipinski definition) is 3. The van der Waals surface area contributed by atoms with Crippen LogP contribution >= 0.6 is 0 Å². The van der Waals surface area contributed by atoms with Crippen LogP contribution < -0.4 is 10.6 Å². The van der Waals surface area contributed by atoms with Crippen LogP contribution in [0.4, 0.5) is 0 Å². The van der Waals surface area contributed by atoms with Crippen LogP contribution in [0.25, 0.3) is 11.0 Å². The van der Waals surface area contributed by atoms with E-state index in [-0.39, 0.29) is 5.91 Å². The Balaban J connectivity index is 2.09. The Morgan fingerprint density at radius 2 is 2.05 bits per heavy atom. The summed E-state index contributed by atoms with van der Waals surface area (Å²) in [7, 11) is 1.67. The van der Waals surface area contributed by atoms with E-state index in [9.17, 15) is 4.79 Å². The number of nitrogens with zero attached hydrogens (tertiary/aromatic N) is 2. The van der Waals surface area contributed by atoms with Gasteiger partial charge in [0.25, 0.3) is 0 Å². The molecule has 0 aliphatic rings. The van der Waals surface area contributed by atoms with Gasteiger partial charge in [-0.2, -0.15) is 0 Å². The fourth-order valence-corrected chi connectivity index (χ4v) is 2.52. The molecule has 21 heavy (non-hydrogen) atoms. The predicted octanol–water partition coefficient (Wildman–Crippen LogP) is 1.92. The van der Waals surface area contributed by atoms with E-state index in [1.54, 1.807) is 7.05 Å². The van der Waals surface area contributed by atoms with Crippen LogP contribution in [0.5, 0.6) is 0 Å². The number of aryl methyl sites for hydroxylation is 1. The molecule has 0 saturated carbocycles. The van der Waals surface area contributed by atoms with E-state index in [0.29, 0.717) is 13.1 Å². The summed E-state index contributed by atoms with van der Waals surface area (Å²) in [6.45, 7) is 8.13. The van der Waals surface area contributed by atoms with Gasteiger partial charge in [0.15, 0.2) is 0 Å². The number of para-hydroxylation sites is 2. The van der Waals surface area contributed by atoms with Crippen LogP contribution in [0, 0.1) is 5.41 Å². The quantitative estimate of drug-likeness (QED) is 0.854. The van der Waals surface area contributed by atoms with Gasteiger partial charge in [0.2, 0.25) is 5.91 Å². The highest BCUT2D eigenvalue weighted by molar-refractivity contribution is 5.81. The lowest BCUT2D eigenvalue weighted by Crippen LogP contribution is -2.42. The van der Waals surface area contributed by atoms with Gasteiger partial charge in [0.1, 0.15) is 5.82 Å². The zero-order valence-corrected chi connectivity index (χ0v) is 13.2. The third kappa shape index (κ3) is 3.24. The Morgan fingerprint density at radius 3 is 2.71 bits per heavy atom. The number of rotatable bonds is 6. The minimum absolute atomic E-state index is 0.0407. The van der Waals surface area contributed by atoms with Gasteiger partial charge in [0, 0.05) is 20.1 Å². The fourth-order valence-electron chi connectivity index (χ4n) is 2.52. The second-order valence-corrected chi connectivity index (χ2v) is 5.83. The number of carbonyl (C=O) groups excluding carboxylic acids is 1. The minimum atomic E-state index is -0.433. The van der Waals surface area contributed by atoms with Gasteiger partial charge in [-0.05, 0) is 32.9 Å². The number of hydrogen-bond donors (Lipinski definition) is 2. The second kappa shape index (κ2) is 6.26. The van der Waals surface area contributed by atoms with E-state index in [2.05, 4.69) is 33.2 Å². The van der Waals surface area contributed by atoms with Crippen molar-refractivity contribution in [1.82, 2.24) is 20.2 Å². The molecule has 0 aliphatic carbocycles. The zero-order chi connectivity index (χ0) is 15.5. The molecule has 2 rings (SSSR count). The lowest BCUT2D eigenvalue weighted by Gasteiger charge is -2.22. The second-order valence-electron chi connectivity index (χ2n) is 5.83. The van der Waals surface area contributed by atoms with Crippen molar-refractivity contribution in [2.24, 2.45) is 5.41 Å². The monoisotopic (exact) mass is 288 g/mol. The van der Waals surface area contributed by atoms with Gasteiger partial charge in [-0.25, -0.2) is 4.98 Å². The van der Waals surface area contributed by atoms with E-state index in [4.69, 9.17) is 0 Å². The summed E-state index contributed by atoms with van der Waals surface area (Å²) >= 11 is 0. The maximum Gasteiger partial charge on any atom is 0.226 e. The molecule has 2 aromatic rings. The van der Waals surface area contributed by atoms with Crippen molar-refractivity contribution >= 4 is 16.9 Å². The molecule has 0 spiro atoms. The number of benzene rings is 1. The first-order valence-electron chi connectivity index (χ1n) is 7.36. The van der Waals surface area contributed by atoms with Crippen molar-refractivity contribution in [2.75, 3.05) is 13.6 Å². The molecular weight excluding hydrogens is 264 g/mol. The van der Waals surface area contributed by atoms with Crippen molar-refractivity contribution in [3.05, 3.63) is 30.1 Å². The molecular formula is C16H24N4O. The van der Waals surface area contributed by atoms with E-state index >= 15 is 0 Å². The summed E-state index contributed by atoms with van der Waals surface area (Å²) in [5.74, 6) is 1.05. The average Bonchev–Trinajstić information content (AvgIpc) is 2.83. The summed E-state index contributed by atoms with van der Waals surface area (Å²) < 4.78 is 2.20. The van der Waals surface area contributed by atoms with Crippen LogP contribution in [-0.2, 0) is 17.9 Å². The molecule has 114 valence electrons. The molecule has 5 nitrogen and oxygen atoms in total. The van der Waals surface area contributed by atoms with E-state index in [1.165, 1.54) is 0 Å². The van der Waals surface area contributed by atoms with Crippen molar-refractivity contribution in [3.8, 4) is 0 Å². The molecule has 1 heterocycles. The third-order valence-corrected chi connectivity index (χ3v) is 3.74.